The van der Waals surface area contributed by atoms with Crippen molar-refractivity contribution in [1.82, 2.24) is 15.0 Å². The van der Waals surface area contributed by atoms with Gasteiger partial charge in [-0.15, -0.1) is 0 Å². The van der Waals surface area contributed by atoms with Crippen molar-refractivity contribution >= 4 is 21.9 Å². The summed E-state index contributed by atoms with van der Waals surface area (Å²) < 4.78 is 6.61. The van der Waals surface area contributed by atoms with E-state index in [1.165, 1.54) is 27.8 Å². The molecule has 2 heterocycles. The lowest BCUT2D eigenvalue weighted by Crippen LogP contribution is -2.00. The van der Waals surface area contributed by atoms with Crippen molar-refractivity contribution in [3.05, 3.63) is 224 Å². The number of fused-ring (bicyclic) bond motifs is 3. The predicted molar refractivity (Wildman–Crippen MR) is 251 cm³/mol. The van der Waals surface area contributed by atoms with Gasteiger partial charge in [0.25, 0.3) is 0 Å². The van der Waals surface area contributed by atoms with Gasteiger partial charge >= 0.3 is 0 Å². The first-order chi connectivity index (χ1) is 30.2. The average molecular weight is 780 g/mol. The second kappa shape index (κ2) is 15.5. The van der Waals surface area contributed by atoms with Gasteiger partial charge in [-0.3, -0.25) is 0 Å². The Morgan fingerprint density at radius 3 is 1.18 bits per heavy atom. The molecule has 9 aromatic carbocycles. The van der Waals surface area contributed by atoms with Crippen molar-refractivity contribution < 1.29 is 4.42 Å². The Hall–Kier alpha value is -8.21. The minimum absolute atomic E-state index is 0.579. The zero-order valence-electron chi connectivity index (χ0n) is 33.1. The largest absolute Gasteiger partial charge is 0.456 e. The minimum atomic E-state index is 0.579. The highest BCUT2D eigenvalue weighted by Gasteiger charge is 2.17. The standard InChI is InChI=1S/C57H37N3O/c1-4-13-38(14-5-1)40-25-29-42(30-26-40)45-19-10-21-47(35-45)50-23-12-24-52-54(50)51-34-33-49(37-53(51)61-52)57-59-55(44-17-8-3-9-18-44)58-56(60-57)48-22-11-20-46(36-48)43-31-27-41(28-32-43)39-15-6-2-7-16-39/h1-37H. The fraction of sp³-hybridized carbons (Fsp3) is 0. The summed E-state index contributed by atoms with van der Waals surface area (Å²) in [7, 11) is 0. The number of hydrogen-bond acceptors (Lipinski definition) is 4. The zero-order chi connectivity index (χ0) is 40.5. The minimum Gasteiger partial charge on any atom is -0.456 e. The number of nitrogens with zero attached hydrogens (tertiary/aromatic N) is 3. The summed E-state index contributed by atoms with van der Waals surface area (Å²) in [5, 5.41) is 2.12. The highest BCUT2D eigenvalue weighted by molar-refractivity contribution is 6.13. The van der Waals surface area contributed by atoms with E-state index in [-0.39, 0.29) is 0 Å². The van der Waals surface area contributed by atoms with Crippen LogP contribution in [0.1, 0.15) is 0 Å². The Morgan fingerprint density at radius 1 is 0.246 bits per heavy atom. The van der Waals surface area contributed by atoms with Crippen LogP contribution in [0.3, 0.4) is 0 Å². The molecule has 4 heteroatoms. The van der Waals surface area contributed by atoms with Gasteiger partial charge in [-0.2, -0.15) is 0 Å². The molecule has 0 spiro atoms. The van der Waals surface area contributed by atoms with E-state index in [2.05, 4.69) is 176 Å². The molecule has 4 nitrogen and oxygen atoms in total. The van der Waals surface area contributed by atoms with E-state index < -0.39 is 0 Å². The highest BCUT2D eigenvalue weighted by Crippen LogP contribution is 2.40. The summed E-state index contributed by atoms with van der Waals surface area (Å²) in [5.41, 5.74) is 15.9. The maximum atomic E-state index is 6.61. The van der Waals surface area contributed by atoms with Gasteiger partial charge in [-0.1, -0.05) is 194 Å². The van der Waals surface area contributed by atoms with Crippen LogP contribution in [0.2, 0.25) is 0 Å². The molecule has 286 valence electrons. The van der Waals surface area contributed by atoms with Crippen LogP contribution in [-0.2, 0) is 0 Å². The number of furan rings is 1. The summed E-state index contributed by atoms with van der Waals surface area (Å²) in [6.45, 7) is 0. The smallest absolute Gasteiger partial charge is 0.164 e. The average Bonchev–Trinajstić information content (AvgIpc) is 3.73. The van der Waals surface area contributed by atoms with Gasteiger partial charge in [0.1, 0.15) is 11.2 Å². The van der Waals surface area contributed by atoms with Gasteiger partial charge in [0, 0.05) is 27.5 Å². The SMILES string of the molecule is c1ccc(-c2ccc(-c3cccc(-c4nc(-c5ccccc5)nc(-c5ccc6c(c5)oc5cccc(-c7cccc(-c8ccc(-c9ccccc9)cc8)c7)c56)n4)c3)cc2)cc1. The Morgan fingerprint density at radius 2 is 0.623 bits per heavy atom. The molecule has 0 bridgehead atoms. The first-order valence-electron chi connectivity index (χ1n) is 20.5. The van der Waals surface area contributed by atoms with Crippen molar-refractivity contribution in [3.63, 3.8) is 0 Å². The lowest BCUT2D eigenvalue weighted by atomic mass is 9.95. The summed E-state index contributed by atoms with van der Waals surface area (Å²) in [5.74, 6) is 1.79. The predicted octanol–water partition coefficient (Wildman–Crippen LogP) is 15.1. The molecule has 0 aliphatic carbocycles. The maximum absolute atomic E-state index is 6.61. The third-order valence-electron chi connectivity index (χ3n) is 11.4. The van der Waals surface area contributed by atoms with Crippen LogP contribution in [0.4, 0.5) is 0 Å². The third kappa shape index (κ3) is 7.07. The van der Waals surface area contributed by atoms with Crippen LogP contribution < -0.4 is 0 Å². The molecule has 0 aliphatic heterocycles. The van der Waals surface area contributed by atoms with E-state index in [1.54, 1.807) is 0 Å². The molecule has 0 atom stereocenters. The lowest BCUT2D eigenvalue weighted by molar-refractivity contribution is 0.669. The quantitative estimate of drug-likeness (QED) is 0.154. The molecule has 0 N–H and O–H groups in total. The van der Waals surface area contributed by atoms with Crippen LogP contribution in [0.15, 0.2) is 229 Å². The molecule has 0 saturated heterocycles. The first-order valence-corrected chi connectivity index (χ1v) is 20.5. The van der Waals surface area contributed by atoms with Crippen LogP contribution in [0, 0.1) is 0 Å². The molecule has 0 aliphatic rings. The summed E-state index contributed by atoms with van der Waals surface area (Å²) in [4.78, 5) is 15.2. The summed E-state index contributed by atoms with van der Waals surface area (Å²) in [6.07, 6.45) is 0. The van der Waals surface area contributed by atoms with Crippen molar-refractivity contribution in [2.75, 3.05) is 0 Å². The molecular formula is C57H37N3O. The van der Waals surface area contributed by atoms with Crippen molar-refractivity contribution in [3.8, 4) is 89.8 Å². The number of hydrogen-bond donors (Lipinski definition) is 0. The van der Waals surface area contributed by atoms with E-state index >= 15 is 0 Å². The molecule has 0 unspecified atom stereocenters. The van der Waals surface area contributed by atoms with Crippen molar-refractivity contribution in [2.24, 2.45) is 0 Å². The van der Waals surface area contributed by atoms with Gasteiger partial charge in [-0.05, 0) is 86.0 Å². The van der Waals surface area contributed by atoms with Crippen molar-refractivity contribution in [1.29, 1.82) is 0 Å². The Balaban J connectivity index is 0.955. The third-order valence-corrected chi connectivity index (χ3v) is 11.4. The molecule has 0 amide bonds. The summed E-state index contributed by atoms with van der Waals surface area (Å²) >= 11 is 0. The van der Waals surface area contributed by atoms with Crippen LogP contribution in [0.25, 0.3) is 112 Å². The molecule has 61 heavy (non-hydrogen) atoms. The fourth-order valence-corrected chi connectivity index (χ4v) is 8.23. The first kappa shape index (κ1) is 35.9. The number of aromatic nitrogens is 3. The summed E-state index contributed by atoms with van der Waals surface area (Å²) in [6, 6.07) is 78.3. The Bertz CT molecular complexity index is 3320. The van der Waals surface area contributed by atoms with E-state index in [0.29, 0.717) is 17.5 Å². The lowest BCUT2D eigenvalue weighted by Gasteiger charge is -2.10. The van der Waals surface area contributed by atoms with Crippen LogP contribution in [-0.4, -0.2) is 15.0 Å². The Kier molecular flexibility index (Phi) is 9.14. The number of benzene rings is 9. The van der Waals surface area contributed by atoms with Crippen molar-refractivity contribution in [2.45, 2.75) is 0 Å². The molecule has 0 fully saturated rings. The van der Waals surface area contributed by atoms with E-state index in [0.717, 1.165) is 66.4 Å². The van der Waals surface area contributed by atoms with Gasteiger partial charge in [0.2, 0.25) is 0 Å². The fourth-order valence-electron chi connectivity index (χ4n) is 8.23. The van der Waals surface area contributed by atoms with Gasteiger partial charge in [0.05, 0.1) is 0 Å². The van der Waals surface area contributed by atoms with Crippen LogP contribution in [0.5, 0.6) is 0 Å². The normalized spacial score (nSPS) is 11.3. The van der Waals surface area contributed by atoms with E-state index in [1.807, 2.05) is 48.5 Å². The molecule has 11 aromatic rings. The maximum Gasteiger partial charge on any atom is 0.164 e. The molecule has 2 aromatic heterocycles. The van der Waals surface area contributed by atoms with E-state index in [4.69, 9.17) is 19.4 Å². The second-order valence-electron chi connectivity index (χ2n) is 15.2. The molecular weight excluding hydrogens is 743 g/mol. The topological polar surface area (TPSA) is 51.8 Å². The van der Waals surface area contributed by atoms with Gasteiger partial charge in [-0.25, -0.2) is 15.0 Å². The number of rotatable bonds is 8. The highest BCUT2D eigenvalue weighted by atomic mass is 16.3. The Labute approximate surface area is 354 Å². The van der Waals surface area contributed by atoms with Gasteiger partial charge in [0.15, 0.2) is 17.5 Å². The van der Waals surface area contributed by atoms with Gasteiger partial charge < -0.3 is 4.42 Å². The monoisotopic (exact) mass is 779 g/mol. The van der Waals surface area contributed by atoms with E-state index in [9.17, 15) is 0 Å². The molecule has 0 saturated carbocycles. The zero-order valence-corrected chi connectivity index (χ0v) is 33.1. The second-order valence-corrected chi connectivity index (χ2v) is 15.2. The molecule has 11 rings (SSSR count). The van der Waals surface area contributed by atoms with Crippen LogP contribution >= 0.6 is 0 Å². The molecule has 0 radical (unpaired) electrons.